The molecule has 1 amide bonds. The van der Waals surface area contributed by atoms with Gasteiger partial charge in [-0.05, 0) is 40.8 Å². The number of sulfonamides is 1. The zero-order valence-electron chi connectivity index (χ0n) is 11.5. The Hall–Kier alpha value is -1.20. The summed E-state index contributed by atoms with van der Waals surface area (Å²) in [6, 6.07) is 3.85. The highest BCUT2D eigenvalue weighted by Gasteiger charge is 2.26. The zero-order valence-corrected chi connectivity index (χ0v) is 14.4. The number of halogens is 1. The second-order valence-corrected chi connectivity index (χ2v) is 7.15. The van der Waals surface area contributed by atoms with Gasteiger partial charge in [0, 0.05) is 17.2 Å². The number of benzene rings is 1. The highest BCUT2D eigenvalue weighted by Crippen LogP contribution is 2.21. The number of amides is 1. The third-order valence-electron chi connectivity index (χ3n) is 2.76. The summed E-state index contributed by atoms with van der Waals surface area (Å²) in [6.07, 6.45) is 0. The summed E-state index contributed by atoms with van der Waals surface area (Å²) in [4.78, 5) is 22.3. The van der Waals surface area contributed by atoms with Crippen LogP contribution >= 0.6 is 22.6 Å². The fourth-order valence-corrected chi connectivity index (χ4v) is 3.58. The molecule has 9 heteroatoms. The highest BCUT2D eigenvalue weighted by molar-refractivity contribution is 14.1. The summed E-state index contributed by atoms with van der Waals surface area (Å²) in [7, 11) is -2.51. The molecule has 0 aromatic heterocycles. The van der Waals surface area contributed by atoms with Crippen molar-refractivity contribution < 1.29 is 23.1 Å². The van der Waals surface area contributed by atoms with E-state index in [1.807, 2.05) is 22.6 Å². The maximum atomic E-state index is 12.5. The molecule has 7 nitrogen and oxygen atoms in total. The second kappa shape index (κ2) is 7.18. The molecule has 0 atom stereocenters. The minimum atomic E-state index is -3.92. The van der Waals surface area contributed by atoms with Crippen molar-refractivity contribution in [2.45, 2.75) is 11.8 Å². The van der Waals surface area contributed by atoms with Crippen LogP contribution in [0, 0.1) is 3.57 Å². The van der Waals surface area contributed by atoms with Crippen molar-refractivity contribution in [2.24, 2.45) is 0 Å². The molecule has 0 aliphatic carbocycles. The van der Waals surface area contributed by atoms with Gasteiger partial charge in [0.1, 0.15) is 0 Å². The number of rotatable bonds is 6. The summed E-state index contributed by atoms with van der Waals surface area (Å²) >= 11 is 1.82. The fourth-order valence-electron chi connectivity index (χ4n) is 1.58. The fraction of sp³-hybridized carbons (Fsp3) is 0.333. The summed E-state index contributed by atoms with van der Waals surface area (Å²) in [5.41, 5.74) is -0.0901. The molecule has 1 rings (SSSR count). The Morgan fingerprint density at radius 1 is 1.38 bits per heavy atom. The highest BCUT2D eigenvalue weighted by atomic mass is 127. The van der Waals surface area contributed by atoms with Gasteiger partial charge in [-0.15, -0.1) is 0 Å². The van der Waals surface area contributed by atoms with Crippen LogP contribution in [0.4, 0.5) is 0 Å². The Bertz CT molecular complexity index is 660. The van der Waals surface area contributed by atoms with E-state index >= 15 is 0 Å². The zero-order chi connectivity index (χ0) is 16.2. The molecule has 0 radical (unpaired) electrons. The Morgan fingerprint density at radius 3 is 2.48 bits per heavy atom. The van der Waals surface area contributed by atoms with Crippen LogP contribution in [0.3, 0.4) is 0 Å². The number of carbonyl (C=O) groups is 2. The maximum Gasteiger partial charge on any atom is 0.336 e. The van der Waals surface area contributed by atoms with Crippen molar-refractivity contribution in [3.05, 3.63) is 27.3 Å². The van der Waals surface area contributed by atoms with E-state index < -0.39 is 21.9 Å². The first kappa shape index (κ1) is 17.9. The largest absolute Gasteiger partial charge is 0.478 e. The predicted octanol–water partition coefficient (Wildman–Crippen LogP) is 0.746. The third kappa shape index (κ3) is 4.14. The van der Waals surface area contributed by atoms with E-state index in [1.54, 1.807) is 6.92 Å². The minimum Gasteiger partial charge on any atom is -0.478 e. The second-order valence-electron chi connectivity index (χ2n) is 4.05. The quantitative estimate of drug-likeness (QED) is 0.654. The van der Waals surface area contributed by atoms with Crippen LogP contribution in [-0.2, 0) is 14.8 Å². The van der Waals surface area contributed by atoms with E-state index in [2.05, 4.69) is 5.32 Å². The lowest BCUT2D eigenvalue weighted by molar-refractivity contribution is -0.120. The summed E-state index contributed by atoms with van der Waals surface area (Å²) in [5.74, 6) is -1.64. The summed E-state index contributed by atoms with van der Waals surface area (Å²) < 4.78 is 26.3. The first-order valence-electron chi connectivity index (χ1n) is 5.97. The summed E-state index contributed by atoms with van der Waals surface area (Å²) in [6.45, 7) is 1.39. The molecule has 0 spiro atoms. The van der Waals surface area contributed by atoms with Crippen LogP contribution in [0.1, 0.15) is 17.3 Å². The van der Waals surface area contributed by atoms with E-state index in [0.717, 1.165) is 10.4 Å². The SMILES string of the molecule is CCN(CC(=O)NC)S(=O)(=O)c1ccc(I)c(C(=O)O)c1. The Balaban J connectivity index is 3.26. The maximum absolute atomic E-state index is 12.5. The van der Waals surface area contributed by atoms with Gasteiger partial charge in [-0.25, -0.2) is 13.2 Å². The van der Waals surface area contributed by atoms with Crippen molar-refractivity contribution in [1.29, 1.82) is 0 Å². The average Bonchev–Trinajstić information content (AvgIpc) is 2.43. The number of likely N-dealkylation sites (N-methyl/N-ethyl adjacent to an activating group) is 2. The normalized spacial score (nSPS) is 11.4. The van der Waals surface area contributed by atoms with Crippen molar-refractivity contribution in [1.82, 2.24) is 9.62 Å². The monoisotopic (exact) mass is 426 g/mol. The van der Waals surface area contributed by atoms with Crippen molar-refractivity contribution in [3.8, 4) is 0 Å². The van der Waals surface area contributed by atoms with E-state index in [4.69, 9.17) is 5.11 Å². The van der Waals surface area contributed by atoms with Crippen LogP contribution in [0.5, 0.6) is 0 Å². The van der Waals surface area contributed by atoms with Crippen molar-refractivity contribution in [3.63, 3.8) is 0 Å². The number of hydrogen-bond acceptors (Lipinski definition) is 4. The Morgan fingerprint density at radius 2 is 2.00 bits per heavy atom. The van der Waals surface area contributed by atoms with Crippen LogP contribution in [0.15, 0.2) is 23.1 Å². The number of aromatic carboxylic acids is 1. The van der Waals surface area contributed by atoms with Gasteiger partial charge in [-0.3, -0.25) is 4.79 Å². The number of hydrogen-bond donors (Lipinski definition) is 2. The first-order valence-corrected chi connectivity index (χ1v) is 8.49. The molecule has 0 bridgehead atoms. The van der Waals surface area contributed by atoms with Gasteiger partial charge in [-0.2, -0.15) is 4.31 Å². The minimum absolute atomic E-state index is 0.0901. The molecular formula is C12H15IN2O5S. The van der Waals surface area contributed by atoms with Gasteiger partial charge < -0.3 is 10.4 Å². The molecule has 1 aromatic carbocycles. The molecule has 2 N–H and O–H groups in total. The molecule has 0 saturated carbocycles. The molecule has 1 aromatic rings. The van der Waals surface area contributed by atoms with Crippen molar-refractivity contribution in [2.75, 3.05) is 20.1 Å². The van der Waals surface area contributed by atoms with Crippen molar-refractivity contribution >= 4 is 44.5 Å². The molecule has 0 aliphatic rings. The van der Waals surface area contributed by atoms with Crippen LogP contribution in [0.2, 0.25) is 0 Å². The Kier molecular flexibility index (Phi) is 6.10. The third-order valence-corrected chi connectivity index (χ3v) is 5.61. The first-order chi connectivity index (χ1) is 9.73. The number of carboxylic acid groups (broad SMARTS) is 1. The van der Waals surface area contributed by atoms with Crippen LogP contribution in [-0.4, -0.2) is 49.8 Å². The molecule has 0 fully saturated rings. The predicted molar refractivity (Wildman–Crippen MR) is 84.6 cm³/mol. The molecule has 116 valence electrons. The van der Waals surface area contributed by atoms with Crippen LogP contribution in [0.25, 0.3) is 0 Å². The molecule has 21 heavy (non-hydrogen) atoms. The Labute approximate surface area is 136 Å². The van der Waals surface area contributed by atoms with Gasteiger partial charge in [0.15, 0.2) is 0 Å². The molecule has 0 heterocycles. The number of carbonyl (C=O) groups excluding carboxylic acids is 1. The van der Waals surface area contributed by atoms with Crippen LogP contribution < -0.4 is 5.32 Å². The lowest BCUT2D eigenvalue weighted by Gasteiger charge is -2.20. The van der Waals surface area contributed by atoms with E-state index in [9.17, 15) is 18.0 Å². The molecule has 0 aliphatic heterocycles. The number of nitrogens with zero attached hydrogens (tertiary/aromatic N) is 1. The van der Waals surface area contributed by atoms with E-state index in [1.165, 1.54) is 19.2 Å². The molecule has 0 saturated heterocycles. The average molecular weight is 426 g/mol. The standard InChI is InChI=1S/C12H15IN2O5S/c1-3-15(7-11(16)14-2)21(19,20)8-4-5-10(13)9(6-8)12(17)18/h4-6H,3,7H2,1-2H3,(H,14,16)(H,17,18). The smallest absolute Gasteiger partial charge is 0.336 e. The lowest BCUT2D eigenvalue weighted by Crippen LogP contribution is -2.39. The number of nitrogens with one attached hydrogen (secondary N) is 1. The van der Waals surface area contributed by atoms with Gasteiger partial charge in [-0.1, -0.05) is 6.92 Å². The van der Waals surface area contributed by atoms with Gasteiger partial charge in [0.05, 0.1) is 17.0 Å². The van der Waals surface area contributed by atoms with Gasteiger partial charge in [0.2, 0.25) is 15.9 Å². The van der Waals surface area contributed by atoms with Gasteiger partial charge in [0.25, 0.3) is 0 Å². The number of carboxylic acids is 1. The van der Waals surface area contributed by atoms with E-state index in [-0.39, 0.29) is 23.5 Å². The van der Waals surface area contributed by atoms with Gasteiger partial charge >= 0.3 is 5.97 Å². The molecular weight excluding hydrogens is 411 g/mol. The van der Waals surface area contributed by atoms with E-state index in [0.29, 0.717) is 3.57 Å². The lowest BCUT2D eigenvalue weighted by atomic mass is 10.2. The topological polar surface area (TPSA) is 104 Å². The summed E-state index contributed by atoms with van der Waals surface area (Å²) in [5, 5.41) is 11.4. The molecule has 0 unspecified atom stereocenters.